The van der Waals surface area contributed by atoms with Crippen LogP contribution in [0.4, 0.5) is 0 Å². The number of hydrogen-bond acceptors (Lipinski definition) is 5. The molecule has 7 nitrogen and oxygen atoms in total. The quantitative estimate of drug-likeness (QED) is 0.704. The Morgan fingerprint density at radius 1 is 0.963 bits per heavy atom. The number of rotatable bonds is 9. The average molecular weight is 372 g/mol. The van der Waals surface area contributed by atoms with Gasteiger partial charge in [0.05, 0.1) is 26.8 Å². The van der Waals surface area contributed by atoms with Crippen molar-refractivity contribution >= 4 is 11.8 Å². The first-order valence-corrected chi connectivity index (χ1v) is 8.49. The number of benzene rings is 2. The molecular weight excluding hydrogens is 348 g/mol. The molecule has 1 unspecified atom stereocenters. The maximum Gasteiger partial charge on any atom is 0.258 e. The van der Waals surface area contributed by atoms with Crippen molar-refractivity contribution in [3.8, 4) is 17.2 Å². The standard InChI is InChI=1S/C20H24N2O5/c1-14(15-9-10-17(25-2)18(11-15)26-3)22-19(23)12-21-20(24)13-27-16-7-5-4-6-8-16/h4-11,14H,12-13H2,1-3H3,(H,21,24)(H,22,23). The molecule has 0 aromatic heterocycles. The molecule has 2 rings (SSSR count). The highest BCUT2D eigenvalue weighted by atomic mass is 16.5. The highest BCUT2D eigenvalue weighted by molar-refractivity contribution is 5.85. The smallest absolute Gasteiger partial charge is 0.258 e. The van der Waals surface area contributed by atoms with Gasteiger partial charge in [-0.1, -0.05) is 24.3 Å². The van der Waals surface area contributed by atoms with Crippen molar-refractivity contribution in [2.75, 3.05) is 27.4 Å². The van der Waals surface area contributed by atoms with E-state index in [-0.39, 0.29) is 31.0 Å². The average Bonchev–Trinajstić information content (AvgIpc) is 2.70. The van der Waals surface area contributed by atoms with Gasteiger partial charge in [0.15, 0.2) is 18.1 Å². The largest absolute Gasteiger partial charge is 0.493 e. The fraction of sp³-hybridized carbons (Fsp3) is 0.300. The lowest BCUT2D eigenvalue weighted by Crippen LogP contribution is -2.39. The molecule has 7 heteroatoms. The summed E-state index contributed by atoms with van der Waals surface area (Å²) in [6.07, 6.45) is 0. The first-order valence-electron chi connectivity index (χ1n) is 8.49. The summed E-state index contributed by atoms with van der Waals surface area (Å²) in [6, 6.07) is 14.2. The van der Waals surface area contributed by atoms with Crippen LogP contribution in [0.25, 0.3) is 0 Å². The van der Waals surface area contributed by atoms with Gasteiger partial charge >= 0.3 is 0 Å². The third kappa shape index (κ3) is 6.22. The van der Waals surface area contributed by atoms with Crippen LogP contribution in [0.3, 0.4) is 0 Å². The van der Waals surface area contributed by atoms with E-state index in [0.717, 1.165) is 5.56 Å². The molecule has 0 aliphatic carbocycles. The number of hydrogen-bond donors (Lipinski definition) is 2. The molecule has 0 bridgehead atoms. The van der Waals surface area contributed by atoms with Crippen LogP contribution in [0.15, 0.2) is 48.5 Å². The van der Waals surface area contributed by atoms with Gasteiger partial charge in [-0.25, -0.2) is 0 Å². The SMILES string of the molecule is COc1ccc(C(C)NC(=O)CNC(=O)COc2ccccc2)cc1OC. The molecule has 2 amide bonds. The van der Waals surface area contributed by atoms with Crippen molar-refractivity contribution in [1.82, 2.24) is 10.6 Å². The van der Waals surface area contributed by atoms with E-state index in [1.807, 2.05) is 31.2 Å². The predicted octanol–water partition coefficient (Wildman–Crippen LogP) is 2.08. The Morgan fingerprint density at radius 3 is 2.33 bits per heavy atom. The zero-order valence-electron chi connectivity index (χ0n) is 15.7. The number of para-hydroxylation sites is 1. The van der Waals surface area contributed by atoms with Crippen LogP contribution in [-0.2, 0) is 9.59 Å². The van der Waals surface area contributed by atoms with Gasteiger partial charge in [0.1, 0.15) is 5.75 Å². The van der Waals surface area contributed by atoms with Crippen molar-refractivity contribution in [2.45, 2.75) is 13.0 Å². The minimum atomic E-state index is -0.368. The number of amides is 2. The van der Waals surface area contributed by atoms with E-state index < -0.39 is 0 Å². The van der Waals surface area contributed by atoms with E-state index in [1.54, 1.807) is 38.5 Å². The molecular formula is C20H24N2O5. The van der Waals surface area contributed by atoms with Crippen LogP contribution >= 0.6 is 0 Å². The number of ether oxygens (including phenoxy) is 3. The molecule has 0 spiro atoms. The lowest BCUT2D eigenvalue weighted by atomic mass is 10.1. The van der Waals surface area contributed by atoms with E-state index in [2.05, 4.69) is 10.6 Å². The van der Waals surface area contributed by atoms with Crippen molar-refractivity contribution in [2.24, 2.45) is 0 Å². The minimum Gasteiger partial charge on any atom is -0.493 e. The maximum atomic E-state index is 12.1. The molecule has 2 N–H and O–H groups in total. The lowest BCUT2D eigenvalue weighted by molar-refractivity contribution is -0.127. The molecule has 0 saturated heterocycles. The zero-order valence-corrected chi connectivity index (χ0v) is 15.7. The van der Waals surface area contributed by atoms with E-state index in [1.165, 1.54) is 0 Å². The molecule has 0 heterocycles. The fourth-order valence-corrected chi connectivity index (χ4v) is 2.39. The number of carbonyl (C=O) groups is 2. The third-order valence-corrected chi connectivity index (χ3v) is 3.84. The molecule has 27 heavy (non-hydrogen) atoms. The highest BCUT2D eigenvalue weighted by Gasteiger charge is 2.13. The summed E-state index contributed by atoms with van der Waals surface area (Å²) in [4.78, 5) is 23.8. The number of carbonyl (C=O) groups excluding carboxylic acids is 2. The van der Waals surface area contributed by atoms with Gasteiger partial charge in [-0.2, -0.15) is 0 Å². The molecule has 0 fully saturated rings. The summed E-state index contributed by atoms with van der Waals surface area (Å²) < 4.78 is 15.8. The summed E-state index contributed by atoms with van der Waals surface area (Å²) >= 11 is 0. The Hall–Kier alpha value is -3.22. The Kier molecular flexibility index (Phi) is 7.49. The van der Waals surface area contributed by atoms with Gasteiger partial charge in [0.25, 0.3) is 5.91 Å². The van der Waals surface area contributed by atoms with Gasteiger partial charge < -0.3 is 24.8 Å². The monoisotopic (exact) mass is 372 g/mol. The van der Waals surface area contributed by atoms with Crippen molar-refractivity contribution in [1.29, 1.82) is 0 Å². The molecule has 2 aromatic rings. The van der Waals surface area contributed by atoms with E-state index in [0.29, 0.717) is 17.2 Å². The fourth-order valence-electron chi connectivity index (χ4n) is 2.39. The van der Waals surface area contributed by atoms with Gasteiger partial charge in [-0.15, -0.1) is 0 Å². The zero-order chi connectivity index (χ0) is 19.6. The maximum absolute atomic E-state index is 12.1. The van der Waals surface area contributed by atoms with Crippen LogP contribution in [0.5, 0.6) is 17.2 Å². The molecule has 144 valence electrons. The number of methoxy groups -OCH3 is 2. The first-order chi connectivity index (χ1) is 13.0. The summed E-state index contributed by atoms with van der Waals surface area (Å²) in [5.41, 5.74) is 0.861. The Bertz CT molecular complexity index is 764. The second-order valence-corrected chi connectivity index (χ2v) is 5.78. The second-order valence-electron chi connectivity index (χ2n) is 5.78. The number of nitrogens with one attached hydrogen (secondary N) is 2. The van der Waals surface area contributed by atoms with Gasteiger partial charge in [0, 0.05) is 0 Å². The molecule has 0 aliphatic rings. The minimum absolute atomic E-state index is 0.130. The Morgan fingerprint density at radius 2 is 1.67 bits per heavy atom. The topological polar surface area (TPSA) is 85.9 Å². The predicted molar refractivity (Wildman–Crippen MR) is 101 cm³/mol. The molecule has 0 radical (unpaired) electrons. The van der Waals surface area contributed by atoms with Gasteiger partial charge in [-0.05, 0) is 36.8 Å². The normalized spacial score (nSPS) is 11.2. The third-order valence-electron chi connectivity index (χ3n) is 3.84. The Balaban J connectivity index is 1.78. The molecule has 1 atom stereocenters. The van der Waals surface area contributed by atoms with Crippen LogP contribution in [0.1, 0.15) is 18.5 Å². The van der Waals surface area contributed by atoms with E-state index >= 15 is 0 Å². The summed E-state index contributed by atoms with van der Waals surface area (Å²) in [5, 5.41) is 5.35. The highest BCUT2D eigenvalue weighted by Crippen LogP contribution is 2.29. The van der Waals surface area contributed by atoms with Crippen molar-refractivity contribution in [3.05, 3.63) is 54.1 Å². The summed E-state index contributed by atoms with van der Waals surface area (Å²) in [7, 11) is 3.12. The molecule has 0 saturated carbocycles. The lowest BCUT2D eigenvalue weighted by Gasteiger charge is -2.17. The summed E-state index contributed by atoms with van der Waals surface area (Å²) in [6.45, 7) is 1.57. The van der Waals surface area contributed by atoms with Crippen LogP contribution < -0.4 is 24.8 Å². The van der Waals surface area contributed by atoms with E-state index in [9.17, 15) is 9.59 Å². The van der Waals surface area contributed by atoms with Crippen LogP contribution in [-0.4, -0.2) is 39.2 Å². The second kappa shape index (κ2) is 10.1. The van der Waals surface area contributed by atoms with Gasteiger partial charge in [-0.3, -0.25) is 9.59 Å². The molecule has 0 aliphatic heterocycles. The van der Waals surface area contributed by atoms with Crippen molar-refractivity contribution < 1.29 is 23.8 Å². The molecule has 2 aromatic carbocycles. The van der Waals surface area contributed by atoms with E-state index in [4.69, 9.17) is 14.2 Å². The van der Waals surface area contributed by atoms with Gasteiger partial charge in [0.2, 0.25) is 5.91 Å². The Labute approximate surface area is 158 Å². The first kappa shape index (κ1) is 20.1. The van der Waals surface area contributed by atoms with Crippen molar-refractivity contribution in [3.63, 3.8) is 0 Å². The summed E-state index contributed by atoms with van der Waals surface area (Å²) in [5.74, 6) is 1.13. The van der Waals surface area contributed by atoms with Crippen LogP contribution in [0, 0.1) is 0 Å². The van der Waals surface area contributed by atoms with Crippen LogP contribution in [0.2, 0.25) is 0 Å².